The van der Waals surface area contributed by atoms with Crippen LogP contribution >= 0.6 is 0 Å². The Bertz CT molecular complexity index is 874. The van der Waals surface area contributed by atoms with E-state index in [2.05, 4.69) is 27.4 Å². The first-order chi connectivity index (χ1) is 13.0. The van der Waals surface area contributed by atoms with Gasteiger partial charge in [-0.25, -0.2) is 9.78 Å². The molecule has 8 heteroatoms. The van der Waals surface area contributed by atoms with Gasteiger partial charge in [-0.3, -0.25) is 0 Å². The quantitative estimate of drug-likeness (QED) is 0.692. The number of aromatic nitrogens is 4. The molecule has 2 amide bonds. The minimum Gasteiger partial charge on any atom is -0.338 e. The third-order valence-electron chi connectivity index (χ3n) is 4.34. The van der Waals surface area contributed by atoms with Crippen molar-refractivity contribution >= 4 is 6.03 Å². The van der Waals surface area contributed by atoms with E-state index in [4.69, 9.17) is 4.52 Å². The van der Waals surface area contributed by atoms with E-state index in [9.17, 15) is 4.79 Å². The van der Waals surface area contributed by atoms with Crippen LogP contribution in [0.15, 0.2) is 47.5 Å². The third kappa shape index (κ3) is 4.93. The van der Waals surface area contributed by atoms with Crippen LogP contribution in [0.25, 0.3) is 11.4 Å². The number of imidazole rings is 1. The van der Waals surface area contributed by atoms with Crippen LogP contribution in [0, 0.1) is 6.92 Å². The fraction of sp³-hybridized carbons (Fsp3) is 0.368. The second-order valence-corrected chi connectivity index (χ2v) is 6.62. The van der Waals surface area contributed by atoms with Gasteiger partial charge in [-0.05, 0) is 26.3 Å². The second-order valence-electron chi connectivity index (χ2n) is 6.62. The molecule has 2 aromatic heterocycles. The van der Waals surface area contributed by atoms with Crippen LogP contribution in [-0.4, -0.2) is 44.2 Å². The Morgan fingerprint density at radius 2 is 2.26 bits per heavy atom. The van der Waals surface area contributed by atoms with E-state index in [1.54, 1.807) is 19.6 Å². The summed E-state index contributed by atoms with van der Waals surface area (Å²) in [7, 11) is 1.70. The van der Waals surface area contributed by atoms with Crippen molar-refractivity contribution in [2.75, 3.05) is 13.6 Å². The number of urea groups is 1. The van der Waals surface area contributed by atoms with Crippen molar-refractivity contribution in [1.29, 1.82) is 0 Å². The number of carbonyl (C=O) groups excluding carboxylic acids is 1. The van der Waals surface area contributed by atoms with E-state index >= 15 is 0 Å². The van der Waals surface area contributed by atoms with Crippen molar-refractivity contribution in [1.82, 2.24) is 29.9 Å². The fourth-order valence-corrected chi connectivity index (χ4v) is 2.70. The molecule has 0 saturated heterocycles. The van der Waals surface area contributed by atoms with Gasteiger partial charge in [0, 0.05) is 37.6 Å². The Morgan fingerprint density at radius 1 is 1.41 bits per heavy atom. The van der Waals surface area contributed by atoms with Crippen LogP contribution in [0.5, 0.6) is 0 Å². The van der Waals surface area contributed by atoms with Crippen molar-refractivity contribution in [2.24, 2.45) is 0 Å². The maximum absolute atomic E-state index is 12.2. The summed E-state index contributed by atoms with van der Waals surface area (Å²) < 4.78 is 7.29. The molecule has 0 unspecified atom stereocenters. The third-order valence-corrected chi connectivity index (χ3v) is 4.34. The molecule has 3 aromatic rings. The molecule has 0 aliphatic carbocycles. The fourth-order valence-electron chi connectivity index (χ4n) is 2.70. The molecular formula is C19H24N6O2. The molecule has 0 saturated carbocycles. The zero-order chi connectivity index (χ0) is 19.2. The number of rotatable bonds is 7. The predicted molar refractivity (Wildman–Crippen MR) is 101 cm³/mol. The molecule has 27 heavy (non-hydrogen) atoms. The summed E-state index contributed by atoms with van der Waals surface area (Å²) in [5.41, 5.74) is 2.02. The van der Waals surface area contributed by atoms with Gasteiger partial charge in [0.15, 0.2) is 0 Å². The minimum absolute atomic E-state index is 0.178. The van der Waals surface area contributed by atoms with Crippen molar-refractivity contribution in [3.8, 4) is 11.4 Å². The van der Waals surface area contributed by atoms with E-state index in [1.807, 2.05) is 42.0 Å². The maximum Gasteiger partial charge on any atom is 0.317 e. The molecule has 0 fully saturated rings. The molecule has 2 heterocycles. The summed E-state index contributed by atoms with van der Waals surface area (Å²) in [6, 6.07) is 7.97. The van der Waals surface area contributed by atoms with Crippen LogP contribution in [0.3, 0.4) is 0 Å². The van der Waals surface area contributed by atoms with E-state index in [0.29, 0.717) is 18.3 Å². The van der Waals surface area contributed by atoms with Gasteiger partial charge in [-0.2, -0.15) is 4.98 Å². The minimum atomic E-state index is -0.178. The summed E-state index contributed by atoms with van der Waals surface area (Å²) in [5, 5.41) is 6.91. The highest BCUT2D eigenvalue weighted by Crippen LogP contribution is 2.17. The summed E-state index contributed by atoms with van der Waals surface area (Å²) in [6.07, 6.45) is 6.26. The van der Waals surface area contributed by atoms with Crippen molar-refractivity contribution in [2.45, 2.75) is 32.9 Å². The summed E-state index contributed by atoms with van der Waals surface area (Å²) >= 11 is 0. The van der Waals surface area contributed by atoms with E-state index in [0.717, 1.165) is 17.5 Å². The standard InChI is InChI=1S/C19H24N6O2/c1-14-5-4-6-16(11-14)18-22-17(27-23-18)12-24(3)19(26)21-8-7-15(2)25-10-9-20-13-25/h4-6,9-11,13,15H,7-8,12H2,1-3H3,(H,21,26)/t15-/m0/s1. The lowest BCUT2D eigenvalue weighted by Crippen LogP contribution is -2.37. The molecule has 142 valence electrons. The van der Waals surface area contributed by atoms with Gasteiger partial charge in [-0.1, -0.05) is 28.9 Å². The van der Waals surface area contributed by atoms with Gasteiger partial charge in [0.05, 0.1) is 6.33 Å². The first-order valence-electron chi connectivity index (χ1n) is 8.89. The maximum atomic E-state index is 12.2. The highest BCUT2D eigenvalue weighted by atomic mass is 16.5. The average Bonchev–Trinajstić information content (AvgIpc) is 3.33. The van der Waals surface area contributed by atoms with Gasteiger partial charge >= 0.3 is 6.03 Å². The van der Waals surface area contributed by atoms with Crippen LogP contribution in [-0.2, 0) is 6.54 Å². The number of nitrogens with one attached hydrogen (secondary N) is 1. The molecule has 0 bridgehead atoms. The monoisotopic (exact) mass is 368 g/mol. The Hall–Kier alpha value is -3.16. The lowest BCUT2D eigenvalue weighted by atomic mass is 10.1. The summed E-state index contributed by atoms with van der Waals surface area (Å²) in [5.74, 6) is 0.924. The number of nitrogens with zero attached hydrogens (tertiary/aromatic N) is 5. The molecule has 1 aromatic carbocycles. The number of carbonyl (C=O) groups is 1. The van der Waals surface area contributed by atoms with Crippen molar-refractivity contribution in [3.05, 3.63) is 54.4 Å². The first-order valence-corrected chi connectivity index (χ1v) is 8.89. The van der Waals surface area contributed by atoms with E-state index < -0.39 is 0 Å². The van der Waals surface area contributed by atoms with Crippen LogP contribution < -0.4 is 5.32 Å². The van der Waals surface area contributed by atoms with Crippen LogP contribution in [0.2, 0.25) is 0 Å². The molecule has 3 rings (SSSR count). The number of hydrogen-bond donors (Lipinski definition) is 1. The van der Waals surface area contributed by atoms with Gasteiger partial charge in [0.25, 0.3) is 0 Å². The van der Waals surface area contributed by atoms with Crippen LogP contribution in [0.4, 0.5) is 4.79 Å². The van der Waals surface area contributed by atoms with Gasteiger partial charge in [0.2, 0.25) is 11.7 Å². The highest BCUT2D eigenvalue weighted by Gasteiger charge is 2.15. The van der Waals surface area contributed by atoms with Crippen LogP contribution in [0.1, 0.15) is 30.8 Å². The molecule has 0 aliphatic heterocycles. The lowest BCUT2D eigenvalue weighted by Gasteiger charge is -2.17. The second kappa shape index (κ2) is 8.48. The zero-order valence-corrected chi connectivity index (χ0v) is 15.8. The van der Waals surface area contributed by atoms with Gasteiger partial charge in [-0.15, -0.1) is 0 Å². The predicted octanol–water partition coefficient (Wildman–Crippen LogP) is 3.03. The number of hydrogen-bond acceptors (Lipinski definition) is 5. The number of benzene rings is 1. The summed E-state index contributed by atoms with van der Waals surface area (Å²) in [6.45, 7) is 4.92. The highest BCUT2D eigenvalue weighted by molar-refractivity contribution is 5.73. The van der Waals surface area contributed by atoms with E-state index in [-0.39, 0.29) is 18.6 Å². The molecule has 1 atom stereocenters. The molecular weight excluding hydrogens is 344 g/mol. The smallest absolute Gasteiger partial charge is 0.317 e. The first kappa shape index (κ1) is 18.6. The molecule has 0 aliphatic rings. The Kier molecular flexibility index (Phi) is 5.85. The Morgan fingerprint density at radius 3 is 3.00 bits per heavy atom. The number of amides is 2. The van der Waals surface area contributed by atoms with E-state index in [1.165, 1.54) is 4.90 Å². The SMILES string of the molecule is Cc1cccc(-c2noc(CN(C)C(=O)NCC[C@H](C)n3ccnc3)n2)c1. The largest absolute Gasteiger partial charge is 0.338 e. The molecule has 8 nitrogen and oxygen atoms in total. The molecule has 0 radical (unpaired) electrons. The van der Waals surface area contributed by atoms with Gasteiger partial charge < -0.3 is 19.3 Å². The topological polar surface area (TPSA) is 89.1 Å². The van der Waals surface area contributed by atoms with Crippen molar-refractivity contribution in [3.63, 3.8) is 0 Å². The average molecular weight is 368 g/mol. The molecule has 0 spiro atoms. The molecule has 1 N–H and O–H groups in total. The summed E-state index contributed by atoms with van der Waals surface area (Å²) in [4.78, 5) is 22.2. The van der Waals surface area contributed by atoms with Gasteiger partial charge in [0.1, 0.15) is 6.54 Å². The normalized spacial score (nSPS) is 12.0. The Labute approximate surface area is 158 Å². The lowest BCUT2D eigenvalue weighted by molar-refractivity contribution is 0.199. The zero-order valence-electron chi connectivity index (χ0n) is 15.8. The number of aryl methyl sites for hydroxylation is 1. The van der Waals surface area contributed by atoms with Crippen molar-refractivity contribution < 1.29 is 9.32 Å². The Balaban J connectivity index is 1.48.